The molecule has 0 aliphatic carbocycles. The second-order valence-electron chi connectivity index (χ2n) is 5.96. The van der Waals surface area contributed by atoms with E-state index < -0.39 is 17.2 Å². The molecule has 8 nitrogen and oxygen atoms in total. The summed E-state index contributed by atoms with van der Waals surface area (Å²) in [5.41, 5.74) is -0.370. The van der Waals surface area contributed by atoms with Crippen molar-refractivity contribution in [2.75, 3.05) is 26.3 Å². The first-order chi connectivity index (χ1) is 12.0. The van der Waals surface area contributed by atoms with E-state index in [2.05, 4.69) is 4.98 Å². The Morgan fingerprint density at radius 2 is 2.00 bits per heavy atom. The third-order valence-corrected chi connectivity index (χ3v) is 4.16. The summed E-state index contributed by atoms with van der Waals surface area (Å²) in [5, 5.41) is 9.39. The fraction of sp³-hybridized carbons (Fsp3) is 0.353. The van der Waals surface area contributed by atoms with E-state index in [1.54, 1.807) is 18.2 Å². The minimum atomic E-state index is -1.33. The van der Waals surface area contributed by atoms with Gasteiger partial charge < -0.3 is 14.8 Å². The van der Waals surface area contributed by atoms with Gasteiger partial charge in [-0.25, -0.2) is 14.2 Å². The minimum Gasteiger partial charge on any atom is -0.477 e. The zero-order valence-electron chi connectivity index (χ0n) is 13.8. The van der Waals surface area contributed by atoms with Crippen molar-refractivity contribution in [1.82, 2.24) is 14.5 Å². The zero-order chi connectivity index (χ0) is 18.0. The molecule has 0 amide bonds. The van der Waals surface area contributed by atoms with Crippen LogP contribution in [0.4, 0.5) is 0 Å². The molecule has 2 aromatic rings. The van der Waals surface area contributed by atoms with Gasteiger partial charge in [-0.3, -0.25) is 9.69 Å². The number of aromatic carboxylic acids is 1. The molecular weight excluding hydrogens is 326 g/mol. The number of carboxylic acid groups (broad SMARTS) is 1. The van der Waals surface area contributed by atoms with Crippen LogP contribution >= 0.6 is 0 Å². The topological polar surface area (TPSA) is 105 Å². The number of aromatic nitrogens is 2. The zero-order valence-corrected chi connectivity index (χ0v) is 13.8. The van der Waals surface area contributed by atoms with E-state index in [0.717, 1.165) is 10.1 Å². The number of aromatic amines is 1. The van der Waals surface area contributed by atoms with Crippen LogP contribution in [0.15, 0.2) is 33.9 Å². The maximum Gasteiger partial charge on any atom is 0.352 e. The Morgan fingerprint density at radius 3 is 2.64 bits per heavy atom. The quantitative estimate of drug-likeness (QED) is 0.829. The number of ether oxygens (including phenoxy) is 1. The molecule has 0 saturated carbocycles. The molecule has 2 heterocycles. The van der Waals surface area contributed by atoms with Crippen LogP contribution in [0, 0.1) is 6.92 Å². The molecule has 1 aliphatic rings. The first-order valence-corrected chi connectivity index (χ1v) is 7.96. The summed E-state index contributed by atoms with van der Waals surface area (Å²) in [6, 6.07) is 6.93. The normalized spacial score (nSPS) is 15.2. The number of H-pyrrole nitrogens is 1. The molecule has 1 aromatic carbocycles. The lowest BCUT2D eigenvalue weighted by molar-refractivity contribution is 0.0336. The van der Waals surface area contributed by atoms with Crippen LogP contribution in [0.1, 0.15) is 21.6 Å². The molecule has 1 aliphatic heterocycles. The molecule has 1 fully saturated rings. The fourth-order valence-electron chi connectivity index (χ4n) is 2.89. The molecule has 2 N–H and O–H groups in total. The van der Waals surface area contributed by atoms with E-state index in [0.29, 0.717) is 32.0 Å². The van der Waals surface area contributed by atoms with Crippen molar-refractivity contribution in [3.8, 4) is 5.69 Å². The highest BCUT2D eigenvalue weighted by Gasteiger charge is 2.22. The van der Waals surface area contributed by atoms with Crippen molar-refractivity contribution in [2.45, 2.75) is 13.5 Å². The number of hydrogen-bond acceptors (Lipinski definition) is 5. The molecular formula is C17H19N3O5. The first-order valence-electron chi connectivity index (χ1n) is 7.96. The number of rotatable bonds is 4. The van der Waals surface area contributed by atoms with Gasteiger partial charge in [0, 0.05) is 19.6 Å². The Hall–Kier alpha value is -2.71. The van der Waals surface area contributed by atoms with Gasteiger partial charge in [-0.05, 0) is 24.6 Å². The summed E-state index contributed by atoms with van der Waals surface area (Å²) in [6.45, 7) is 4.25. The predicted molar refractivity (Wildman–Crippen MR) is 90.5 cm³/mol. The molecule has 0 spiro atoms. The number of nitrogens with one attached hydrogen (secondary N) is 1. The van der Waals surface area contributed by atoms with Gasteiger partial charge in [-0.15, -0.1) is 0 Å². The van der Waals surface area contributed by atoms with Gasteiger partial charge in [0.15, 0.2) is 0 Å². The number of aryl methyl sites for hydroxylation is 1. The molecule has 0 atom stereocenters. The van der Waals surface area contributed by atoms with Crippen LogP contribution in [0.3, 0.4) is 0 Å². The SMILES string of the molecule is Cc1cccc(-n2c(=O)[nH]c(C(=O)O)c(CN3CCOCC3)c2=O)c1. The average Bonchev–Trinajstić information content (AvgIpc) is 2.58. The van der Waals surface area contributed by atoms with Crippen molar-refractivity contribution < 1.29 is 14.6 Å². The molecule has 0 radical (unpaired) electrons. The van der Waals surface area contributed by atoms with Gasteiger partial charge >= 0.3 is 11.7 Å². The maximum atomic E-state index is 12.9. The molecule has 3 rings (SSSR count). The average molecular weight is 345 g/mol. The van der Waals surface area contributed by atoms with Crippen LogP contribution in [-0.2, 0) is 11.3 Å². The number of morpholine rings is 1. The van der Waals surface area contributed by atoms with Crippen molar-refractivity contribution in [1.29, 1.82) is 0 Å². The van der Waals surface area contributed by atoms with Gasteiger partial charge in [-0.2, -0.15) is 0 Å². The predicted octanol–water partition coefficient (Wildman–Crippen LogP) is 0.365. The molecule has 0 bridgehead atoms. The third-order valence-electron chi connectivity index (χ3n) is 4.16. The highest BCUT2D eigenvalue weighted by Crippen LogP contribution is 2.10. The summed E-state index contributed by atoms with van der Waals surface area (Å²) < 4.78 is 6.25. The van der Waals surface area contributed by atoms with Gasteiger partial charge in [0.1, 0.15) is 5.69 Å². The highest BCUT2D eigenvalue weighted by molar-refractivity contribution is 5.86. The summed E-state index contributed by atoms with van der Waals surface area (Å²) in [5.74, 6) is -1.33. The van der Waals surface area contributed by atoms with E-state index >= 15 is 0 Å². The number of carboxylic acids is 1. The summed E-state index contributed by atoms with van der Waals surface area (Å²) in [6.07, 6.45) is 0. The van der Waals surface area contributed by atoms with Crippen molar-refractivity contribution in [3.05, 3.63) is 61.9 Å². The van der Waals surface area contributed by atoms with Crippen LogP contribution in [-0.4, -0.2) is 51.8 Å². The van der Waals surface area contributed by atoms with E-state index in [1.807, 2.05) is 17.9 Å². The largest absolute Gasteiger partial charge is 0.477 e. The Balaban J connectivity index is 2.14. The summed E-state index contributed by atoms with van der Waals surface area (Å²) in [7, 11) is 0. The lowest BCUT2D eigenvalue weighted by Gasteiger charge is -2.26. The van der Waals surface area contributed by atoms with E-state index in [-0.39, 0.29) is 17.8 Å². The molecule has 132 valence electrons. The number of carbonyl (C=O) groups is 1. The van der Waals surface area contributed by atoms with Crippen LogP contribution in [0.5, 0.6) is 0 Å². The third kappa shape index (κ3) is 3.54. The lowest BCUT2D eigenvalue weighted by atomic mass is 10.1. The second-order valence-corrected chi connectivity index (χ2v) is 5.96. The minimum absolute atomic E-state index is 0.0653. The maximum absolute atomic E-state index is 12.9. The van der Waals surface area contributed by atoms with Crippen LogP contribution in [0.25, 0.3) is 5.69 Å². The van der Waals surface area contributed by atoms with Gasteiger partial charge in [0.25, 0.3) is 5.56 Å². The molecule has 0 unspecified atom stereocenters. The van der Waals surface area contributed by atoms with Gasteiger partial charge in [0.2, 0.25) is 0 Å². The number of benzene rings is 1. The van der Waals surface area contributed by atoms with Crippen molar-refractivity contribution in [2.24, 2.45) is 0 Å². The van der Waals surface area contributed by atoms with Gasteiger partial charge in [-0.1, -0.05) is 12.1 Å². The van der Waals surface area contributed by atoms with Crippen molar-refractivity contribution >= 4 is 5.97 Å². The van der Waals surface area contributed by atoms with E-state index in [4.69, 9.17) is 4.74 Å². The molecule has 8 heteroatoms. The van der Waals surface area contributed by atoms with E-state index in [9.17, 15) is 19.5 Å². The standard InChI is InChI=1S/C17H19N3O5/c1-11-3-2-4-12(9-11)20-15(21)13(10-19-5-7-25-8-6-19)14(16(22)23)18-17(20)24/h2-4,9H,5-8,10H2,1H3,(H,18,24)(H,22,23). The smallest absolute Gasteiger partial charge is 0.352 e. The van der Waals surface area contributed by atoms with Crippen LogP contribution < -0.4 is 11.2 Å². The van der Waals surface area contributed by atoms with Crippen LogP contribution in [0.2, 0.25) is 0 Å². The Kier molecular flexibility index (Phi) is 4.82. The van der Waals surface area contributed by atoms with E-state index in [1.165, 1.54) is 0 Å². The fourth-order valence-corrected chi connectivity index (χ4v) is 2.89. The molecule has 1 saturated heterocycles. The summed E-state index contributed by atoms with van der Waals surface area (Å²) in [4.78, 5) is 41.0. The Morgan fingerprint density at radius 1 is 1.28 bits per heavy atom. The highest BCUT2D eigenvalue weighted by atomic mass is 16.5. The summed E-state index contributed by atoms with van der Waals surface area (Å²) >= 11 is 0. The monoisotopic (exact) mass is 345 g/mol. The molecule has 1 aromatic heterocycles. The number of hydrogen-bond donors (Lipinski definition) is 2. The van der Waals surface area contributed by atoms with Crippen molar-refractivity contribution in [3.63, 3.8) is 0 Å². The van der Waals surface area contributed by atoms with Gasteiger partial charge in [0.05, 0.1) is 24.5 Å². The first kappa shape index (κ1) is 17.1. The Labute approximate surface area is 143 Å². The Bertz CT molecular complexity index is 909. The lowest BCUT2D eigenvalue weighted by Crippen LogP contribution is -2.42. The number of nitrogens with zero attached hydrogens (tertiary/aromatic N) is 2. The second kappa shape index (κ2) is 7.04. The molecule has 25 heavy (non-hydrogen) atoms.